The van der Waals surface area contributed by atoms with Gasteiger partial charge in [0.1, 0.15) is 17.8 Å². The Kier molecular flexibility index (Phi) is 9.61. The van der Waals surface area contributed by atoms with Crippen molar-refractivity contribution in [3.05, 3.63) is 47.8 Å². The summed E-state index contributed by atoms with van der Waals surface area (Å²) in [6.07, 6.45) is -1.53. The van der Waals surface area contributed by atoms with E-state index in [4.69, 9.17) is 4.74 Å². The van der Waals surface area contributed by atoms with Gasteiger partial charge in [-0.1, -0.05) is 25.7 Å². The second-order valence-electron chi connectivity index (χ2n) is 11.2. The summed E-state index contributed by atoms with van der Waals surface area (Å²) in [4.78, 5) is 20.1. The fraction of sp³-hybridized carbons (Fsp3) is 0.467. The van der Waals surface area contributed by atoms with Gasteiger partial charge in [0.05, 0.1) is 41.6 Å². The molecule has 2 aromatic carbocycles. The quantitative estimate of drug-likeness (QED) is 0.365. The molecule has 0 saturated carbocycles. The second-order valence-corrected chi connectivity index (χ2v) is 13.2. The number of carbonyl (C=O) groups is 1. The summed E-state index contributed by atoms with van der Waals surface area (Å²) in [6, 6.07) is 7.37. The van der Waals surface area contributed by atoms with Gasteiger partial charge in [-0.2, -0.15) is 13.2 Å². The molecular weight excluding hydrogens is 583 g/mol. The van der Waals surface area contributed by atoms with E-state index in [9.17, 15) is 26.4 Å². The Morgan fingerprint density at radius 1 is 1.23 bits per heavy atom. The minimum Gasteiger partial charge on any atom is -0.495 e. The van der Waals surface area contributed by atoms with Gasteiger partial charge < -0.3 is 24.8 Å². The number of methoxy groups -OCH3 is 1. The monoisotopic (exact) mass is 619 g/mol. The molecule has 0 radical (unpaired) electrons. The Hall–Kier alpha value is -3.76. The van der Waals surface area contributed by atoms with Crippen molar-refractivity contribution < 1.29 is 31.1 Å². The maximum Gasteiger partial charge on any atom is 0.406 e. The van der Waals surface area contributed by atoms with E-state index in [0.29, 0.717) is 22.9 Å². The highest BCUT2D eigenvalue weighted by Gasteiger charge is 2.32. The van der Waals surface area contributed by atoms with Crippen LogP contribution < -0.4 is 15.4 Å². The van der Waals surface area contributed by atoms with Gasteiger partial charge in [-0.05, 0) is 56.1 Å². The van der Waals surface area contributed by atoms with Crippen molar-refractivity contribution in [2.75, 3.05) is 45.4 Å². The van der Waals surface area contributed by atoms with Crippen molar-refractivity contribution >= 4 is 32.5 Å². The molecule has 4 rings (SSSR count). The number of likely N-dealkylation sites (tertiary alicyclic amines) is 1. The fourth-order valence-corrected chi connectivity index (χ4v) is 5.95. The maximum absolute atomic E-state index is 13.6. The molecule has 1 aliphatic heterocycles. The van der Waals surface area contributed by atoms with Crippen LogP contribution in [0.1, 0.15) is 36.2 Å². The number of halogens is 3. The Morgan fingerprint density at radius 3 is 2.63 bits per heavy atom. The smallest absolute Gasteiger partial charge is 0.406 e. The standard InChI is InChI=1S/C30H36F3N5O4S/c1-19(2)23-16-37(3)12-10-24(23)36-29(39)22-13-20(14-26-28(22)35-18-38(26)17-30(31,32)33)7-6-11-34-25-9-8-21(43(5,40)41)15-27(25)42-4/h8-9,13-15,18-19,23-24,34H,10-12,16-17H2,1-5H3,(H,36,39). The van der Waals surface area contributed by atoms with Crippen LogP contribution in [-0.4, -0.2) is 81.0 Å². The van der Waals surface area contributed by atoms with Gasteiger partial charge in [-0.25, -0.2) is 13.4 Å². The van der Waals surface area contributed by atoms with Gasteiger partial charge in [0, 0.05) is 30.5 Å². The molecule has 1 aliphatic rings. The topological polar surface area (TPSA) is 106 Å². The van der Waals surface area contributed by atoms with E-state index in [1.54, 1.807) is 12.1 Å². The summed E-state index contributed by atoms with van der Waals surface area (Å²) in [6.45, 7) is 4.74. The largest absolute Gasteiger partial charge is 0.495 e. The summed E-state index contributed by atoms with van der Waals surface area (Å²) in [5.41, 5.74) is 1.36. The fourth-order valence-electron chi connectivity index (χ4n) is 5.31. The van der Waals surface area contributed by atoms with E-state index in [1.165, 1.54) is 25.3 Å². The number of hydrogen-bond acceptors (Lipinski definition) is 7. The molecular formula is C30H36F3N5O4S. The van der Waals surface area contributed by atoms with Crippen LogP contribution in [0.4, 0.5) is 18.9 Å². The first kappa shape index (κ1) is 32.2. The van der Waals surface area contributed by atoms with Gasteiger partial charge in [0.2, 0.25) is 0 Å². The molecule has 2 N–H and O–H groups in total. The van der Waals surface area contributed by atoms with Crippen LogP contribution in [0, 0.1) is 23.7 Å². The SMILES string of the molecule is COc1cc(S(C)(=O)=O)ccc1NCC#Cc1cc(C(=O)NC2CCN(C)CC2C(C)C)c2ncn(CC(F)(F)F)c2c1. The number of amides is 1. The minimum absolute atomic E-state index is 0.0842. The number of fused-ring (bicyclic) bond motifs is 1. The van der Waals surface area contributed by atoms with Crippen molar-refractivity contribution in [3.63, 3.8) is 0 Å². The molecule has 9 nitrogen and oxygen atoms in total. The zero-order chi connectivity index (χ0) is 31.5. The molecule has 0 aliphatic carbocycles. The first-order valence-corrected chi connectivity index (χ1v) is 15.7. The first-order chi connectivity index (χ1) is 20.2. The van der Waals surface area contributed by atoms with Crippen LogP contribution in [0.3, 0.4) is 0 Å². The summed E-state index contributed by atoms with van der Waals surface area (Å²) in [5, 5.41) is 6.18. The predicted molar refractivity (Wildman–Crippen MR) is 159 cm³/mol. The summed E-state index contributed by atoms with van der Waals surface area (Å²) >= 11 is 0. The minimum atomic E-state index is -4.48. The van der Waals surface area contributed by atoms with E-state index >= 15 is 0 Å². The number of alkyl halides is 3. The molecule has 1 saturated heterocycles. The van der Waals surface area contributed by atoms with Crippen LogP contribution in [0.15, 0.2) is 41.6 Å². The van der Waals surface area contributed by atoms with Gasteiger partial charge in [0.15, 0.2) is 9.84 Å². The number of hydrogen-bond donors (Lipinski definition) is 2. The Morgan fingerprint density at radius 2 is 1.98 bits per heavy atom. The van der Waals surface area contributed by atoms with E-state index in [0.717, 1.165) is 36.7 Å². The molecule has 1 aromatic heterocycles. The van der Waals surface area contributed by atoms with Crippen molar-refractivity contribution in [2.24, 2.45) is 11.8 Å². The van der Waals surface area contributed by atoms with Crippen molar-refractivity contribution in [1.29, 1.82) is 0 Å². The highest BCUT2D eigenvalue weighted by Crippen LogP contribution is 2.29. The molecule has 1 amide bonds. The zero-order valence-electron chi connectivity index (χ0n) is 24.7. The van der Waals surface area contributed by atoms with E-state index in [2.05, 4.69) is 46.2 Å². The number of nitrogens with one attached hydrogen (secondary N) is 2. The van der Waals surface area contributed by atoms with Gasteiger partial charge >= 0.3 is 6.18 Å². The lowest BCUT2D eigenvalue weighted by molar-refractivity contribution is -0.139. The van der Waals surface area contributed by atoms with Crippen LogP contribution in [-0.2, 0) is 16.4 Å². The molecule has 2 atom stereocenters. The summed E-state index contributed by atoms with van der Waals surface area (Å²) in [7, 11) is 0.0390. The van der Waals surface area contributed by atoms with Gasteiger partial charge in [-0.15, -0.1) is 0 Å². The third-order valence-electron chi connectivity index (χ3n) is 7.55. The number of piperidine rings is 1. The molecule has 232 valence electrons. The highest BCUT2D eigenvalue weighted by atomic mass is 32.2. The number of aromatic nitrogens is 2. The lowest BCUT2D eigenvalue weighted by atomic mass is 9.83. The van der Waals surface area contributed by atoms with Crippen LogP contribution >= 0.6 is 0 Å². The van der Waals surface area contributed by atoms with Gasteiger partial charge in [0.25, 0.3) is 5.91 Å². The van der Waals surface area contributed by atoms with Crippen molar-refractivity contribution in [2.45, 2.75) is 43.9 Å². The number of carbonyl (C=O) groups excluding carboxylic acids is 1. The number of ether oxygens (including phenoxy) is 1. The summed E-state index contributed by atoms with van der Waals surface area (Å²) < 4.78 is 69.9. The Balaban J connectivity index is 1.63. The lowest BCUT2D eigenvalue weighted by Gasteiger charge is -2.39. The van der Waals surface area contributed by atoms with Crippen molar-refractivity contribution in [1.82, 2.24) is 19.8 Å². The number of imidazole rings is 1. The number of rotatable bonds is 8. The molecule has 2 unspecified atom stereocenters. The molecule has 1 fully saturated rings. The second kappa shape index (κ2) is 12.9. The average Bonchev–Trinajstić information content (AvgIpc) is 3.31. The number of benzene rings is 2. The average molecular weight is 620 g/mol. The molecule has 0 spiro atoms. The molecule has 43 heavy (non-hydrogen) atoms. The van der Waals surface area contributed by atoms with Crippen molar-refractivity contribution in [3.8, 4) is 17.6 Å². The van der Waals surface area contributed by atoms with Crippen LogP contribution in [0.2, 0.25) is 0 Å². The summed E-state index contributed by atoms with van der Waals surface area (Å²) in [5.74, 6) is 6.31. The zero-order valence-corrected chi connectivity index (χ0v) is 25.6. The number of nitrogens with zero attached hydrogens (tertiary/aromatic N) is 3. The number of anilines is 1. The van der Waals surface area contributed by atoms with Crippen LogP contribution in [0.5, 0.6) is 5.75 Å². The van der Waals surface area contributed by atoms with E-state index in [1.807, 2.05) is 7.05 Å². The Bertz CT molecular complexity index is 1660. The predicted octanol–water partition coefficient (Wildman–Crippen LogP) is 4.18. The van der Waals surface area contributed by atoms with Crippen LogP contribution in [0.25, 0.3) is 11.0 Å². The third kappa shape index (κ3) is 8.00. The molecule has 3 aromatic rings. The normalized spacial score (nSPS) is 17.9. The maximum atomic E-state index is 13.6. The molecule has 0 bridgehead atoms. The first-order valence-electron chi connectivity index (χ1n) is 13.8. The number of sulfone groups is 1. The Labute approximate surface area is 249 Å². The third-order valence-corrected chi connectivity index (χ3v) is 8.66. The van der Waals surface area contributed by atoms with Gasteiger partial charge in [-0.3, -0.25) is 4.79 Å². The molecule has 2 heterocycles. The highest BCUT2D eigenvalue weighted by molar-refractivity contribution is 7.90. The lowest BCUT2D eigenvalue weighted by Crippen LogP contribution is -2.51. The van der Waals surface area contributed by atoms with E-state index in [-0.39, 0.29) is 40.0 Å². The van der Waals surface area contributed by atoms with E-state index < -0.39 is 28.5 Å². The molecule has 13 heteroatoms.